The molecule has 0 spiro atoms. The number of aromatic nitrogens is 4. The second kappa shape index (κ2) is 8.66. The molecule has 1 unspecified atom stereocenters. The molecule has 2 aromatic heterocycles. The van der Waals surface area contributed by atoms with Gasteiger partial charge in [-0.3, -0.25) is 4.79 Å². The molecule has 4 rings (SSSR count). The van der Waals surface area contributed by atoms with Crippen molar-refractivity contribution in [2.75, 3.05) is 7.11 Å². The van der Waals surface area contributed by atoms with E-state index in [0.29, 0.717) is 5.82 Å². The number of thiophene rings is 1. The Bertz CT molecular complexity index is 1060. The number of ether oxygens (including phenoxy) is 1. The molecule has 0 saturated heterocycles. The van der Waals surface area contributed by atoms with E-state index in [1.165, 1.54) is 4.80 Å². The number of carbonyl (C=O) groups excluding carboxylic acids is 1. The van der Waals surface area contributed by atoms with Crippen LogP contribution in [0.3, 0.4) is 0 Å². The molecular weight excluding hydrogens is 386 g/mol. The van der Waals surface area contributed by atoms with Gasteiger partial charge in [0, 0.05) is 10.9 Å². The summed E-state index contributed by atoms with van der Waals surface area (Å²) in [5, 5.41) is 19.3. The average molecular weight is 405 g/mol. The van der Waals surface area contributed by atoms with Crippen LogP contribution >= 0.6 is 11.3 Å². The Morgan fingerprint density at radius 1 is 1.10 bits per heavy atom. The predicted octanol–water partition coefficient (Wildman–Crippen LogP) is 3.32. The van der Waals surface area contributed by atoms with E-state index in [0.717, 1.165) is 22.4 Å². The highest BCUT2D eigenvalue weighted by molar-refractivity contribution is 7.08. The van der Waals surface area contributed by atoms with Gasteiger partial charge in [0.25, 0.3) is 0 Å². The van der Waals surface area contributed by atoms with E-state index >= 15 is 0 Å². The molecule has 0 saturated carbocycles. The minimum absolute atomic E-state index is 0.0172. The van der Waals surface area contributed by atoms with E-state index in [-0.39, 0.29) is 18.5 Å². The molecule has 0 aliphatic carbocycles. The fourth-order valence-electron chi connectivity index (χ4n) is 2.95. The summed E-state index contributed by atoms with van der Waals surface area (Å²) in [5.41, 5.74) is 2.83. The molecule has 1 N–H and O–H groups in total. The zero-order valence-electron chi connectivity index (χ0n) is 15.7. The van der Waals surface area contributed by atoms with Crippen LogP contribution < -0.4 is 10.1 Å². The maximum Gasteiger partial charge on any atom is 0.244 e. The highest BCUT2D eigenvalue weighted by Crippen LogP contribution is 2.24. The van der Waals surface area contributed by atoms with Gasteiger partial charge in [0.05, 0.1) is 13.2 Å². The molecule has 4 aromatic rings. The van der Waals surface area contributed by atoms with Gasteiger partial charge in [0.2, 0.25) is 11.7 Å². The van der Waals surface area contributed by atoms with Crippen LogP contribution in [0.1, 0.15) is 17.2 Å². The number of tetrazole rings is 1. The van der Waals surface area contributed by atoms with Gasteiger partial charge in [-0.15, -0.1) is 10.2 Å². The third-order valence-electron chi connectivity index (χ3n) is 4.40. The first-order chi connectivity index (χ1) is 14.2. The van der Waals surface area contributed by atoms with Crippen molar-refractivity contribution in [3.8, 4) is 17.1 Å². The summed E-state index contributed by atoms with van der Waals surface area (Å²) in [6.45, 7) is -0.0172. The number of carbonyl (C=O) groups is 1. The number of hydrogen-bond donors (Lipinski definition) is 1. The van der Waals surface area contributed by atoms with Crippen molar-refractivity contribution < 1.29 is 9.53 Å². The smallest absolute Gasteiger partial charge is 0.244 e. The molecule has 146 valence electrons. The molecule has 2 aromatic carbocycles. The van der Waals surface area contributed by atoms with Crippen molar-refractivity contribution in [2.24, 2.45) is 0 Å². The van der Waals surface area contributed by atoms with Gasteiger partial charge >= 0.3 is 0 Å². The third kappa shape index (κ3) is 4.49. The Morgan fingerprint density at radius 3 is 2.55 bits per heavy atom. The van der Waals surface area contributed by atoms with Gasteiger partial charge < -0.3 is 10.1 Å². The summed E-state index contributed by atoms with van der Waals surface area (Å²) in [6.07, 6.45) is 0. The lowest BCUT2D eigenvalue weighted by Gasteiger charge is -2.20. The standard InChI is InChI=1S/C21H19N5O2S/c1-28-18-9-7-16(8-10-18)20(15-5-3-2-4-6-15)22-19(27)13-26-24-21(23-25-26)17-11-12-29-14-17/h2-12,14,20H,13H2,1H3,(H,22,27). The van der Waals surface area contributed by atoms with Crippen molar-refractivity contribution in [3.05, 3.63) is 82.6 Å². The number of rotatable bonds is 7. The average Bonchev–Trinajstić information content (AvgIpc) is 3.45. The van der Waals surface area contributed by atoms with Crippen LogP contribution in [0.2, 0.25) is 0 Å². The predicted molar refractivity (Wildman–Crippen MR) is 111 cm³/mol. The molecule has 7 nitrogen and oxygen atoms in total. The van der Waals surface area contributed by atoms with E-state index in [1.54, 1.807) is 18.4 Å². The first-order valence-corrected chi connectivity index (χ1v) is 9.96. The van der Waals surface area contributed by atoms with Crippen molar-refractivity contribution in [1.29, 1.82) is 0 Å². The summed E-state index contributed by atoms with van der Waals surface area (Å²) >= 11 is 1.56. The Morgan fingerprint density at radius 2 is 1.86 bits per heavy atom. The lowest BCUT2D eigenvalue weighted by atomic mass is 9.98. The lowest BCUT2D eigenvalue weighted by molar-refractivity contribution is -0.122. The zero-order chi connectivity index (χ0) is 20.1. The highest BCUT2D eigenvalue weighted by atomic mass is 32.1. The molecule has 0 fully saturated rings. The van der Waals surface area contributed by atoms with Crippen LogP contribution in [0.4, 0.5) is 0 Å². The second-order valence-electron chi connectivity index (χ2n) is 6.34. The van der Waals surface area contributed by atoms with Crippen molar-refractivity contribution >= 4 is 17.2 Å². The maximum atomic E-state index is 12.7. The Kier molecular flexibility index (Phi) is 5.62. The molecule has 1 atom stereocenters. The first kappa shape index (κ1) is 18.8. The Labute approximate surface area is 172 Å². The van der Waals surface area contributed by atoms with Gasteiger partial charge in [0.1, 0.15) is 12.3 Å². The zero-order valence-corrected chi connectivity index (χ0v) is 16.5. The van der Waals surface area contributed by atoms with E-state index in [2.05, 4.69) is 20.7 Å². The molecule has 0 aliphatic rings. The molecule has 0 aliphatic heterocycles. The van der Waals surface area contributed by atoms with Gasteiger partial charge in [-0.2, -0.15) is 16.1 Å². The minimum atomic E-state index is -0.297. The van der Waals surface area contributed by atoms with Crippen molar-refractivity contribution in [1.82, 2.24) is 25.5 Å². The number of nitrogens with one attached hydrogen (secondary N) is 1. The molecule has 1 amide bonds. The third-order valence-corrected chi connectivity index (χ3v) is 5.09. The van der Waals surface area contributed by atoms with Gasteiger partial charge in [-0.1, -0.05) is 42.5 Å². The lowest BCUT2D eigenvalue weighted by Crippen LogP contribution is -2.32. The summed E-state index contributed by atoms with van der Waals surface area (Å²) < 4.78 is 5.23. The number of benzene rings is 2. The normalized spacial score (nSPS) is 11.8. The molecule has 0 bridgehead atoms. The van der Waals surface area contributed by atoms with Crippen LogP contribution in [0.15, 0.2) is 71.4 Å². The van der Waals surface area contributed by atoms with Gasteiger partial charge in [0.15, 0.2) is 0 Å². The highest BCUT2D eigenvalue weighted by Gasteiger charge is 2.18. The molecule has 8 heteroatoms. The fraction of sp³-hybridized carbons (Fsp3) is 0.143. The second-order valence-corrected chi connectivity index (χ2v) is 7.12. The van der Waals surface area contributed by atoms with Crippen molar-refractivity contribution in [2.45, 2.75) is 12.6 Å². The summed E-state index contributed by atoms with van der Waals surface area (Å²) in [7, 11) is 1.63. The summed E-state index contributed by atoms with van der Waals surface area (Å²) in [6, 6.07) is 19.1. The van der Waals surface area contributed by atoms with Gasteiger partial charge in [-0.05, 0) is 39.9 Å². The number of nitrogens with zero attached hydrogens (tertiary/aromatic N) is 4. The Balaban J connectivity index is 1.51. The van der Waals surface area contributed by atoms with Crippen molar-refractivity contribution in [3.63, 3.8) is 0 Å². The van der Waals surface area contributed by atoms with E-state index in [9.17, 15) is 4.79 Å². The number of methoxy groups -OCH3 is 1. The largest absolute Gasteiger partial charge is 0.497 e. The topological polar surface area (TPSA) is 81.9 Å². The molecule has 0 radical (unpaired) electrons. The summed E-state index contributed by atoms with van der Waals surface area (Å²) in [4.78, 5) is 14.0. The SMILES string of the molecule is COc1ccc(C(NC(=O)Cn2nnc(-c3ccsc3)n2)c2ccccc2)cc1. The molecule has 2 heterocycles. The molecule has 29 heavy (non-hydrogen) atoms. The summed E-state index contributed by atoms with van der Waals surface area (Å²) in [5.74, 6) is 1.07. The van der Waals surface area contributed by atoms with E-state index in [4.69, 9.17) is 4.74 Å². The van der Waals surface area contributed by atoms with Crippen LogP contribution in [0, 0.1) is 0 Å². The van der Waals surface area contributed by atoms with Crippen LogP contribution in [-0.4, -0.2) is 33.2 Å². The minimum Gasteiger partial charge on any atom is -0.497 e. The first-order valence-electron chi connectivity index (χ1n) is 9.01. The Hall–Kier alpha value is -3.52. The quantitative estimate of drug-likeness (QED) is 0.510. The monoisotopic (exact) mass is 405 g/mol. The fourth-order valence-corrected chi connectivity index (χ4v) is 3.59. The van der Waals surface area contributed by atoms with Crippen LogP contribution in [0.25, 0.3) is 11.4 Å². The number of amides is 1. The van der Waals surface area contributed by atoms with Gasteiger partial charge in [-0.25, -0.2) is 0 Å². The molecular formula is C21H19N5O2S. The van der Waals surface area contributed by atoms with Crippen LogP contribution in [0.5, 0.6) is 5.75 Å². The van der Waals surface area contributed by atoms with Crippen LogP contribution in [-0.2, 0) is 11.3 Å². The maximum absolute atomic E-state index is 12.7. The number of hydrogen-bond acceptors (Lipinski definition) is 6. The van der Waals surface area contributed by atoms with E-state index < -0.39 is 0 Å². The van der Waals surface area contributed by atoms with E-state index in [1.807, 2.05) is 71.4 Å².